The summed E-state index contributed by atoms with van der Waals surface area (Å²) in [4.78, 5) is 3.50. The second kappa shape index (κ2) is 2.92. The highest BCUT2D eigenvalue weighted by atomic mass is 35.5. The number of hydrogen-bond acceptors (Lipinski definition) is 3. The van der Waals surface area contributed by atoms with Gasteiger partial charge in [0.2, 0.25) is 0 Å². The van der Waals surface area contributed by atoms with Gasteiger partial charge >= 0.3 is 0 Å². The third-order valence-electron chi connectivity index (χ3n) is 1.20. The third-order valence-corrected chi connectivity index (χ3v) is 1.46. The minimum Gasteiger partial charge on any atom is -0.493 e. The third kappa shape index (κ3) is 1.35. The van der Waals surface area contributed by atoms with Crippen molar-refractivity contribution in [1.29, 1.82) is 0 Å². The average molecular weight is 177 g/mol. The minimum absolute atomic E-state index is 0.118. The first kappa shape index (κ1) is 8.07. The van der Waals surface area contributed by atoms with Gasteiger partial charge in [0.25, 0.3) is 0 Å². The van der Waals surface area contributed by atoms with Crippen molar-refractivity contribution in [1.82, 2.24) is 4.98 Å². The van der Waals surface area contributed by atoms with E-state index in [0.29, 0.717) is 0 Å². The van der Waals surface area contributed by atoms with Crippen LogP contribution in [0.4, 0.5) is 10.1 Å². The first-order valence-corrected chi connectivity index (χ1v) is 3.18. The second-order valence-electron chi connectivity index (χ2n) is 1.85. The molecule has 0 atom stereocenters. The maximum Gasteiger partial charge on any atom is 0.187 e. The van der Waals surface area contributed by atoms with E-state index in [1.807, 2.05) is 0 Å². The topological polar surface area (TPSA) is 48.1 Å². The summed E-state index contributed by atoms with van der Waals surface area (Å²) in [5.41, 5.74) is 5.15. The van der Waals surface area contributed by atoms with E-state index in [-0.39, 0.29) is 16.6 Å². The Hall–Kier alpha value is -1.03. The number of halogens is 2. The van der Waals surface area contributed by atoms with E-state index in [9.17, 15) is 4.39 Å². The Kier molecular flexibility index (Phi) is 2.14. The van der Waals surface area contributed by atoms with Gasteiger partial charge in [-0.05, 0) is 0 Å². The van der Waals surface area contributed by atoms with Crippen molar-refractivity contribution in [3.63, 3.8) is 0 Å². The molecule has 5 heteroatoms. The highest BCUT2D eigenvalue weighted by Crippen LogP contribution is 2.26. The number of nitrogens with two attached hydrogens (primary N) is 1. The number of rotatable bonds is 1. The van der Waals surface area contributed by atoms with Crippen molar-refractivity contribution in [2.45, 2.75) is 0 Å². The number of nitrogen functional groups attached to an aromatic ring is 1. The fraction of sp³-hybridized carbons (Fsp3) is 0.167. The van der Waals surface area contributed by atoms with Gasteiger partial charge in [0.05, 0.1) is 13.3 Å². The summed E-state index contributed by atoms with van der Waals surface area (Å²) in [5.74, 6) is -0.557. The molecule has 0 aliphatic carbocycles. The summed E-state index contributed by atoms with van der Waals surface area (Å²) in [6.07, 6.45) is 1.26. The molecule has 1 heterocycles. The maximum atomic E-state index is 12.8. The molecule has 0 aliphatic heterocycles. The van der Waals surface area contributed by atoms with Crippen LogP contribution in [0.5, 0.6) is 5.75 Å². The lowest BCUT2D eigenvalue weighted by Gasteiger charge is -2.03. The molecule has 11 heavy (non-hydrogen) atoms. The Labute approximate surface area is 67.9 Å². The molecule has 0 saturated carbocycles. The smallest absolute Gasteiger partial charge is 0.187 e. The lowest BCUT2D eigenvalue weighted by atomic mass is 10.4. The van der Waals surface area contributed by atoms with E-state index in [0.717, 1.165) is 0 Å². The van der Waals surface area contributed by atoms with E-state index in [1.165, 1.54) is 13.3 Å². The van der Waals surface area contributed by atoms with E-state index < -0.39 is 5.82 Å². The van der Waals surface area contributed by atoms with Gasteiger partial charge in [-0.15, -0.1) is 0 Å². The van der Waals surface area contributed by atoms with Crippen LogP contribution in [-0.4, -0.2) is 12.1 Å². The molecule has 3 nitrogen and oxygen atoms in total. The minimum atomic E-state index is -0.744. The molecule has 0 aromatic carbocycles. The molecule has 0 saturated heterocycles. The van der Waals surface area contributed by atoms with Crippen molar-refractivity contribution in [2.24, 2.45) is 0 Å². The molecule has 0 fully saturated rings. The zero-order valence-corrected chi connectivity index (χ0v) is 6.52. The lowest BCUT2D eigenvalue weighted by Crippen LogP contribution is -1.97. The van der Waals surface area contributed by atoms with Gasteiger partial charge in [-0.1, -0.05) is 11.6 Å². The van der Waals surface area contributed by atoms with Gasteiger partial charge in [0, 0.05) is 0 Å². The predicted molar refractivity (Wildman–Crippen MR) is 40.2 cm³/mol. The molecule has 0 spiro atoms. The van der Waals surface area contributed by atoms with Crippen LogP contribution in [-0.2, 0) is 0 Å². The fourth-order valence-electron chi connectivity index (χ4n) is 0.623. The molecular weight excluding hydrogens is 171 g/mol. The number of methoxy groups -OCH3 is 1. The molecule has 60 valence electrons. The first-order chi connectivity index (χ1) is 5.16. The molecule has 0 bridgehead atoms. The summed E-state index contributed by atoms with van der Waals surface area (Å²) in [6.45, 7) is 0. The van der Waals surface area contributed by atoms with Crippen LogP contribution in [0.2, 0.25) is 5.15 Å². The molecule has 0 radical (unpaired) electrons. The van der Waals surface area contributed by atoms with Crippen molar-refractivity contribution in [3.8, 4) is 5.75 Å². The SMILES string of the molecule is COc1cnc(Cl)c(F)c1N. The van der Waals surface area contributed by atoms with Crippen LogP contribution < -0.4 is 10.5 Å². The van der Waals surface area contributed by atoms with Crippen molar-refractivity contribution in [2.75, 3.05) is 12.8 Å². The molecule has 0 amide bonds. The first-order valence-electron chi connectivity index (χ1n) is 2.80. The molecular formula is C6H6ClFN2O. The highest BCUT2D eigenvalue weighted by Gasteiger charge is 2.09. The Morgan fingerprint density at radius 3 is 2.91 bits per heavy atom. The van der Waals surface area contributed by atoms with E-state index in [4.69, 9.17) is 22.1 Å². The number of nitrogens with zero attached hydrogens (tertiary/aromatic N) is 1. The lowest BCUT2D eigenvalue weighted by molar-refractivity contribution is 0.412. The van der Waals surface area contributed by atoms with Crippen molar-refractivity contribution in [3.05, 3.63) is 17.2 Å². The fourth-order valence-corrected chi connectivity index (χ4v) is 0.774. The summed E-state index contributed by atoms with van der Waals surface area (Å²) in [6, 6.07) is 0. The van der Waals surface area contributed by atoms with E-state index >= 15 is 0 Å². The number of ether oxygens (including phenoxy) is 1. The monoisotopic (exact) mass is 176 g/mol. The zero-order chi connectivity index (χ0) is 8.43. The Morgan fingerprint density at radius 2 is 2.36 bits per heavy atom. The van der Waals surface area contributed by atoms with Crippen LogP contribution >= 0.6 is 11.6 Å². The average Bonchev–Trinajstić information content (AvgIpc) is 2.01. The summed E-state index contributed by atoms with van der Waals surface area (Å²) < 4.78 is 17.5. The van der Waals surface area contributed by atoms with Gasteiger partial charge < -0.3 is 10.5 Å². The summed E-state index contributed by atoms with van der Waals surface area (Å²) >= 11 is 5.32. The normalized spacial score (nSPS) is 9.73. The standard InChI is InChI=1S/C6H6ClFN2O/c1-11-3-2-10-6(7)4(8)5(3)9/h2H,1H3,(H2,9,10). The second-order valence-corrected chi connectivity index (χ2v) is 2.20. The van der Waals surface area contributed by atoms with Gasteiger partial charge in [-0.2, -0.15) is 0 Å². The number of aromatic nitrogens is 1. The zero-order valence-electron chi connectivity index (χ0n) is 5.77. The Bertz CT molecular complexity index is 280. The van der Waals surface area contributed by atoms with Crippen molar-refractivity contribution >= 4 is 17.3 Å². The molecule has 2 N–H and O–H groups in total. The Balaban J connectivity index is 3.25. The van der Waals surface area contributed by atoms with Crippen LogP contribution in [0, 0.1) is 5.82 Å². The molecule has 1 aromatic heterocycles. The largest absolute Gasteiger partial charge is 0.493 e. The van der Waals surface area contributed by atoms with Crippen LogP contribution in [0.15, 0.2) is 6.20 Å². The number of pyridine rings is 1. The summed E-state index contributed by atoms with van der Waals surface area (Å²) in [7, 11) is 1.38. The maximum absolute atomic E-state index is 12.8. The summed E-state index contributed by atoms with van der Waals surface area (Å²) in [5, 5.41) is -0.247. The van der Waals surface area contributed by atoms with Crippen LogP contribution in [0.25, 0.3) is 0 Å². The number of anilines is 1. The number of hydrogen-bond donors (Lipinski definition) is 1. The molecule has 0 aliphatic rings. The van der Waals surface area contributed by atoms with Crippen LogP contribution in [0.3, 0.4) is 0 Å². The molecule has 1 rings (SSSR count). The molecule has 0 unspecified atom stereocenters. The highest BCUT2D eigenvalue weighted by molar-refractivity contribution is 6.29. The Morgan fingerprint density at radius 1 is 1.73 bits per heavy atom. The van der Waals surface area contributed by atoms with E-state index in [2.05, 4.69) is 4.98 Å². The van der Waals surface area contributed by atoms with E-state index in [1.54, 1.807) is 0 Å². The van der Waals surface area contributed by atoms with Crippen LogP contribution in [0.1, 0.15) is 0 Å². The van der Waals surface area contributed by atoms with Gasteiger partial charge in [0.1, 0.15) is 5.69 Å². The van der Waals surface area contributed by atoms with Gasteiger partial charge in [-0.25, -0.2) is 9.37 Å². The quantitative estimate of drug-likeness (QED) is 0.660. The van der Waals surface area contributed by atoms with Crippen molar-refractivity contribution < 1.29 is 9.13 Å². The van der Waals surface area contributed by atoms with Gasteiger partial charge in [0.15, 0.2) is 16.7 Å². The predicted octanol–water partition coefficient (Wildman–Crippen LogP) is 1.46. The van der Waals surface area contributed by atoms with Gasteiger partial charge in [-0.3, -0.25) is 0 Å². The molecule has 1 aromatic rings.